The lowest BCUT2D eigenvalue weighted by atomic mass is 10.2. The molecule has 3 rings (SSSR count). The molecule has 6 nitrogen and oxygen atoms in total. The fourth-order valence-corrected chi connectivity index (χ4v) is 2.36. The Labute approximate surface area is 127 Å². The Balaban J connectivity index is 1.48. The highest BCUT2D eigenvalue weighted by Gasteiger charge is 2.25. The van der Waals surface area contributed by atoms with Crippen LogP contribution >= 0.6 is 0 Å². The molecule has 1 saturated heterocycles. The van der Waals surface area contributed by atoms with Crippen molar-refractivity contribution in [1.82, 2.24) is 15.0 Å². The van der Waals surface area contributed by atoms with Crippen LogP contribution in [0.5, 0.6) is 5.75 Å². The maximum atomic E-state index is 13.1. The fraction of sp³-hybridized carbons (Fsp3) is 0.467. The molecule has 1 atom stereocenters. The quantitative estimate of drug-likeness (QED) is 0.841. The smallest absolute Gasteiger partial charge is 0.223 e. The molecule has 0 spiro atoms. The van der Waals surface area contributed by atoms with Crippen molar-refractivity contribution in [2.24, 2.45) is 0 Å². The number of aryl methyl sites for hydroxylation is 1. The molecule has 1 aromatic heterocycles. The zero-order valence-electron chi connectivity index (χ0n) is 12.4. The summed E-state index contributed by atoms with van der Waals surface area (Å²) in [7, 11) is 0. The lowest BCUT2D eigenvalue weighted by Gasteiger charge is -2.31. The van der Waals surface area contributed by atoms with E-state index < -0.39 is 0 Å². The van der Waals surface area contributed by atoms with Crippen molar-refractivity contribution in [3.05, 3.63) is 41.8 Å². The molecule has 22 heavy (non-hydrogen) atoms. The van der Waals surface area contributed by atoms with Crippen molar-refractivity contribution in [2.75, 3.05) is 32.8 Å². The van der Waals surface area contributed by atoms with Gasteiger partial charge in [0, 0.05) is 32.6 Å². The number of ether oxygens (including phenoxy) is 2. The molecule has 0 radical (unpaired) electrons. The Kier molecular flexibility index (Phi) is 4.65. The van der Waals surface area contributed by atoms with Crippen molar-refractivity contribution in [2.45, 2.75) is 13.0 Å². The molecule has 2 aromatic rings. The molecular weight excluding hydrogens is 289 g/mol. The van der Waals surface area contributed by atoms with Gasteiger partial charge in [-0.3, -0.25) is 4.90 Å². The summed E-state index contributed by atoms with van der Waals surface area (Å²) in [5, 5.41) is 3.90. The Morgan fingerprint density at radius 3 is 3.14 bits per heavy atom. The average molecular weight is 307 g/mol. The Morgan fingerprint density at radius 2 is 2.36 bits per heavy atom. The summed E-state index contributed by atoms with van der Waals surface area (Å²) < 4.78 is 29.3. The number of aromatic nitrogens is 2. The van der Waals surface area contributed by atoms with E-state index >= 15 is 0 Å². The third kappa shape index (κ3) is 3.80. The molecule has 0 N–H and O–H groups in total. The predicted octanol–water partition coefficient (Wildman–Crippen LogP) is 1.97. The van der Waals surface area contributed by atoms with Crippen LogP contribution in [-0.2, 0) is 4.74 Å². The number of rotatable bonds is 5. The molecule has 0 amide bonds. The Morgan fingerprint density at radius 1 is 1.45 bits per heavy atom. The highest BCUT2D eigenvalue weighted by molar-refractivity contribution is 5.22. The Bertz CT molecular complexity index is 620. The lowest BCUT2D eigenvalue weighted by Crippen LogP contribution is -2.40. The van der Waals surface area contributed by atoms with Gasteiger partial charge in [0.2, 0.25) is 11.7 Å². The van der Waals surface area contributed by atoms with E-state index in [0.717, 1.165) is 13.1 Å². The van der Waals surface area contributed by atoms with E-state index in [0.29, 0.717) is 37.2 Å². The van der Waals surface area contributed by atoms with Gasteiger partial charge in [-0.15, -0.1) is 0 Å². The molecule has 0 bridgehead atoms. The van der Waals surface area contributed by atoms with Crippen LogP contribution in [0, 0.1) is 12.7 Å². The predicted molar refractivity (Wildman–Crippen MR) is 76.1 cm³/mol. The van der Waals surface area contributed by atoms with Gasteiger partial charge in [-0.2, -0.15) is 4.98 Å². The molecule has 0 aliphatic carbocycles. The number of hydrogen-bond donors (Lipinski definition) is 0. The molecule has 7 heteroatoms. The van der Waals surface area contributed by atoms with Crippen molar-refractivity contribution in [3.8, 4) is 5.75 Å². The molecule has 1 aliphatic heterocycles. The summed E-state index contributed by atoms with van der Waals surface area (Å²) in [5.41, 5.74) is 0. The minimum Gasteiger partial charge on any atom is -0.492 e. The molecule has 0 saturated carbocycles. The molecule has 1 aromatic carbocycles. The SMILES string of the molecule is Cc1nc([C@@H]2CN(CCOc3cccc(F)c3)CCO2)no1. The highest BCUT2D eigenvalue weighted by atomic mass is 19.1. The van der Waals surface area contributed by atoms with E-state index in [1.165, 1.54) is 12.1 Å². The summed E-state index contributed by atoms with van der Waals surface area (Å²) in [6.45, 7) is 5.09. The van der Waals surface area contributed by atoms with Crippen molar-refractivity contribution in [3.63, 3.8) is 0 Å². The number of halogens is 1. The van der Waals surface area contributed by atoms with Crippen LogP contribution in [0.4, 0.5) is 4.39 Å². The number of morpholine rings is 1. The van der Waals surface area contributed by atoms with Crippen LogP contribution in [0.3, 0.4) is 0 Å². The second kappa shape index (κ2) is 6.85. The highest BCUT2D eigenvalue weighted by Crippen LogP contribution is 2.19. The summed E-state index contributed by atoms with van der Waals surface area (Å²) in [5.74, 6) is 1.36. The van der Waals surface area contributed by atoms with Crippen molar-refractivity contribution in [1.29, 1.82) is 0 Å². The summed E-state index contributed by atoms with van der Waals surface area (Å²) in [4.78, 5) is 6.41. The zero-order chi connectivity index (χ0) is 15.4. The molecule has 2 heterocycles. The van der Waals surface area contributed by atoms with Crippen LogP contribution < -0.4 is 4.74 Å². The normalized spacial score (nSPS) is 19.3. The number of benzene rings is 1. The summed E-state index contributed by atoms with van der Waals surface area (Å²) in [6.07, 6.45) is -0.180. The largest absolute Gasteiger partial charge is 0.492 e. The molecular formula is C15H18FN3O3. The van der Waals surface area contributed by atoms with Crippen LogP contribution in [0.25, 0.3) is 0 Å². The molecule has 0 unspecified atom stereocenters. The third-order valence-corrected chi connectivity index (χ3v) is 3.45. The summed E-state index contributed by atoms with van der Waals surface area (Å²) >= 11 is 0. The maximum Gasteiger partial charge on any atom is 0.223 e. The van der Waals surface area contributed by atoms with Gasteiger partial charge < -0.3 is 14.0 Å². The Hall–Kier alpha value is -1.99. The minimum atomic E-state index is -0.295. The van der Waals surface area contributed by atoms with Gasteiger partial charge in [-0.1, -0.05) is 11.2 Å². The maximum absolute atomic E-state index is 13.1. The second-order valence-corrected chi connectivity index (χ2v) is 5.14. The van der Waals surface area contributed by atoms with Gasteiger partial charge in [0.05, 0.1) is 6.61 Å². The van der Waals surface area contributed by atoms with Crippen LogP contribution in [0.1, 0.15) is 17.8 Å². The van der Waals surface area contributed by atoms with Gasteiger partial charge in [-0.05, 0) is 12.1 Å². The van der Waals surface area contributed by atoms with E-state index in [9.17, 15) is 4.39 Å². The first-order valence-electron chi connectivity index (χ1n) is 7.23. The number of hydrogen-bond acceptors (Lipinski definition) is 6. The number of nitrogens with zero attached hydrogens (tertiary/aromatic N) is 3. The second-order valence-electron chi connectivity index (χ2n) is 5.14. The van der Waals surface area contributed by atoms with Gasteiger partial charge in [-0.25, -0.2) is 4.39 Å². The van der Waals surface area contributed by atoms with Crippen molar-refractivity contribution >= 4 is 0 Å². The minimum absolute atomic E-state index is 0.180. The standard InChI is InChI=1S/C15H18FN3O3/c1-11-17-15(18-22-11)14-10-19(6-8-21-14)5-7-20-13-4-2-3-12(16)9-13/h2-4,9,14H,5-8,10H2,1H3/t14-/m0/s1. The first-order valence-corrected chi connectivity index (χ1v) is 7.23. The average Bonchev–Trinajstić information content (AvgIpc) is 2.94. The van der Waals surface area contributed by atoms with E-state index in [-0.39, 0.29) is 11.9 Å². The van der Waals surface area contributed by atoms with E-state index in [1.807, 2.05) is 0 Å². The first kappa shape index (κ1) is 14.9. The summed E-state index contributed by atoms with van der Waals surface area (Å²) in [6, 6.07) is 6.15. The van der Waals surface area contributed by atoms with Gasteiger partial charge in [0.25, 0.3) is 0 Å². The van der Waals surface area contributed by atoms with Gasteiger partial charge >= 0.3 is 0 Å². The van der Waals surface area contributed by atoms with Gasteiger partial charge in [0.1, 0.15) is 24.3 Å². The van der Waals surface area contributed by atoms with Crippen LogP contribution in [0.15, 0.2) is 28.8 Å². The van der Waals surface area contributed by atoms with Crippen LogP contribution in [0.2, 0.25) is 0 Å². The first-order chi connectivity index (χ1) is 10.7. The third-order valence-electron chi connectivity index (χ3n) is 3.45. The van der Waals surface area contributed by atoms with Gasteiger partial charge in [0.15, 0.2) is 0 Å². The zero-order valence-corrected chi connectivity index (χ0v) is 12.4. The lowest BCUT2D eigenvalue weighted by molar-refractivity contribution is -0.0379. The molecule has 1 aliphatic rings. The molecule has 118 valence electrons. The van der Waals surface area contributed by atoms with E-state index in [1.54, 1.807) is 19.1 Å². The monoisotopic (exact) mass is 307 g/mol. The fourth-order valence-electron chi connectivity index (χ4n) is 2.36. The van der Waals surface area contributed by atoms with Crippen molar-refractivity contribution < 1.29 is 18.4 Å². The topological polar surface area (TPSA) is 60.6 Å². The molecule has 1 fully saturated rings. The van der Waals surface area contributed by atoms with Crippen LogP contribution in [-0.4, -0.2) is 47.9 Å². The van der Waals surface area contributed by atoms with E-state index in [4.69, 9.17) is 14.0 Å². The van der Waals surface area contributed by atoms with E-state index in [2.05, 4.69) is 15.0 Å².